The van der Waals surface area contributed by atoms with Crippen molar-refractivity contribution in [1.82, 2.24) is 20.4 Å². The van der Waals surface area contributed by atoms with E-state index in [9.17, 15) is 0 Å². The van der Waals surface area contributed by atoms with E-state index in [1.165, 1.54) is 5.56 Å². The minimum Gasteiger partial charge on any atom is -0.497 e. The topological polar surface area (TPSA) is 63.5 Å². The summed E-state index contributed by atoms with van der Waals surface area (Å²) in [6.45, 7) is 8.28. The van der Waals surface area contributed by atoms with E-state index < -0.39 is 0 Å². The lowest BCUT2D eigenvalue weighted by atomic mass is 10.1. The van der Waals surface area contributed by atoms with Crippen LogP contribution in [0.1, 0.15) is 29.4 Å². The van der Waals surface area contributed by atoms with Gasteiger partial charge >= 0.3 is 0 Å². The summed E-state index contributed by atoms with van der Waals surface area (Å²) in [6, 6.07) is 5.76. The summed E-state index contributed by atoms with van der Waals surface area (Å²) >= 11 is 6.30. The van der Waals surface area contributed by atoms with E-state index in [2.05, 4.69) is 34.6 Å². The highest BCUT2D eigenvalue weighted by Gasteiger charge is 2.09. The summed E-state index contributed by atoms with van der Waals surface area (Å²) in [4.78, 5) is 4.69. The zero-order chi connectivity index (χ0) is 19.1. The van der Waals surface area contributed by atoms with E-state index >= 15 is 0 Å². The van der Waals surface area contributed by atoms with Crippen LogP contribution in [0.25, 0.3) is 0 Å². The van der Waals surface area contributed by atoms with Crippen LogP contribution in [-0.4, -0.2) is 35.9 Å². The SMILES string of the molecule is CCNC(=NCc1c(C)nn(C)c1C)NCCc1ccc(OC)cc1Cl. The first-order valence-corrected chi connectivity index (χ1v) is 9.17. The van der Waals surface area contributed by atoms with Crippen molar-refractivity contribution in [3.63, 3.8) is 0 Å². The Labute approximate surface area is 160 Å². The molecular formula is C19H28ClN5O. The number of rotatable bonds is 7. The molecule has 0 bridgehead atoms. The van der Waals surface area contributed by atoms with Gasteiger partial charge in [-0.05, 0) is 44.9 Å². The summed E-state index contributed by atoms with van der Waals surface area (Å²) < 4.78 is 7.08. The second-order valence-electron chi connectivity index (χ2n) is 6.10. The fourth-order valence-corrected chi connectivity index (χ4v) is 2.98. The quantitative estimate of drug-likeness (QED) is 0.575. The molecule has 0 amide bonds. The van der Waals surface area contributed by atoms with Gasteiger partial charge in [0.1, 0.15) is 5.75 Å². The van der Waals surface area contributed by atoms with Gasteiger partial charge in [0.25, 0.3) is 0 Å². The van der Waals surface area contributed by atoms with E-state index in [0.29, 0.717) is 6.54 Å². The van der Waals surface area contributed by atoms with Crippen molar-refractivity contribution in [2.75, 3.05) is 20.2 Å². The molecule has 0 atom stereocenters. The van der Waals surface area contributed by atoms with Crippen LogP contribution in [0.4, 0.5) is 0 Å². The van der Waals surface area contributed by atoms with Crippen molar-refractivity contribution in [1.29, 1.82) is 0 Å². The fraction of sp³-hybridized carbons (Fsp3) is 0.474. The van der Waals surface area contributed by atoms with Crippen LogP contribution in [0.2, 0.25) is 5.02 Å². The number of aryl methyl sites for hydroxylation is 2. The molecule has 6 nitrogen and oxygen atoms in total. The second-order valence-corrected chi connectivity index (χ2v) is 6.51. The Morgan fingerprint density at radius 1 is 1.31 bits per heavy atom. The van der Waals surface area contributed by atoms with Crippen LogP contribution in [0.5, 0.6) is 5.75 Å². The normalized spacial score (nSPS) is 11.5. The maximum absolute atomic E-state index is 6.30. The Morgan fingerprint density at radius 3 is 2.65 bits per heavy atom. The van der Waals surface area contributed by atoms with E-state index in [1.807, 2.05) is 36.9 Å². The Morgan fingerprint density at radius 2 is 2.08 bits per heavy atom. The van der Waals surface area contributed by atoms with Gasteiger partial charge in [0.15, 0.2) is 5.96 Å². The first-order chi connectivity index (χ1) is 12.5. The summed E-state index contributed by atoms with van der Waals surface area (Å²) in [5.74, 6) is 1.56. The van der Waals surface area contributed by atoms with Gasteiger partial charge in [-0.3, -0.25) is 4.68 Å². The molecule has 7 heteroatoms. The van der Waals surface area contributed by atoms with Crippen molar-refractivity contribution in [2.24, 2.45) is 12.0 Å². The van der Waals surface area contributed by atoms with Gasteiger partial charge in [0.2, 0.25) is 0 Å². The third-order valence-corrected chi connectivity index (χ3v) is 4.70. The van der Waals surface area contributed by atoms with Crippen molar-refractivity contribution in [3.05, 3.63) is 45.7 Å². The second kappa shape index (κ2) is 9.48. The monoisotopic (exact) mass is 377 g/mol. The molecule has 1 aromatic heterocycles. The average Bonchev–Trinajstić information content (AvgIpc) is 2.86. The predicted octanol–water partition coefficient (Wildman–Crippen LogP) is 3.00. The first kappa shape index (κ1) is 20.1. The molecule has 142 valence electrons. The molecule has 0 fully saturated rings. The number of hydrogen-bond acceptors (Lipinski definition) is 3. The number of hydrogen-bond donors (Lipinski definition) is 2. The van der Waals surface area contributed by atoms with Crippen LogP contribution in [-0.2, 0) is 20.0 Å². The molecule has 1 aromatic carbocycles. The lowest BCUT2D eigenvalue weighted by Gasteiger charge is -2.12. The highest BCUT2D eigenvalue weighted by Crippen LogP contribution is 2.22. The maximum Gasteiger partial charge on any atom is 0.191 e. The van der Waals surface area contributed by atoms with E-state index in [4.69, 9.17) is 16.3 Å². The third-order valence-electron chi connectivity index (χ3n) is 4.35. The Bertz CT molecular complexity index is 770. The zero-order valence-electron chi connectivity index (χ0n) is 16.2. The lowest BCUT2D eigenvalue weighted by molar-refractivity contribution is 0.414. The number of aliphatic imine (C=N–C) groups is 1. The van der Waals surface area contributed by atoms with Crippen molar-refractivity contribution in [2.45, 2.75) is 33.7 Å². The van der Waals surface area contributed by atoms with Gasteiger partial charge in [-0.2, -0.15) is 5.10 Å². The van der Waals surface area contributed by atoms with Crippen molar-refractivity contribution < 1.29 is 4.74 Å². The van der Waals surface area contributed by atoms with Crippen LogP contribution < -0.4 is 15.4 Å². The number of guanidine groups is 1. The number of methoxy groups -OCH3 is 1. The fourth-order valence-electron chi connectivity index (χ4n) is 2.72. The minimum atomic E-state index is 0.601. The molecule has 0 aliphatic carbocycles. The van der Waals surface area contributed by atoms with Gasteiger partial charge in [-0.25, -0.2) is 4.99 Å². The number of aromatic nitrogens is 2. The lowest BCUT2D eigenvalue weighted by Crippen LogP contribution is -2.38. The molecule has 26 heavy (non-hydrogen) atoms. The minimum absolute atomic E-state index is 0.601. The average molecular weight is 378 g/mol. The Hall–Kier alpha value is -2.21. The molecule has 0 spiro atoms. The van der Waals surface area contributed by atoms with Gasteiger partial charge in [-0.1, -0.05) is 17.7 Å². The largest absolute Gasteiger partial charge is 0.497 e. The maximum atomic E-state index is 6.30. The van der Waals surface area contributed by atoms with Crippen LogP contribution in [0.15, 0.2) is 23.2 Å². The summed E-state index contributed by atoms with van der Waals surface area (Å²) in [7, 11) is 3.59. The molecule has 0 radical (unpaired) electrons. The number of nitrogens with one attached hydrogen (secondary N) is 2. The first-order valence-electron chi connectivity index (χ1n) is 8.79. The highest BCUT2D eigenvalue weighted by atomic mass is 35.5. The van der Waals surface area contributed by atoms with Crippen LogP contribution in [0, 0.1) is 13.8 Å². The number of nitrogens with zero attached hydrogens (tertiary/aromatic N) is 3. The van der Waals surface area contributed by atoms with Gasteiger partial charge in [-0.15, -0.1) is 0 Å². The molecule has 2 N–H and O–H groups in total. The Balaban J connectivity index is 1.97. The summed E-state index contributed by atoms with van der Waals surface area (Å²) in [6.07, 6.45) is 0.804. The van der Waals surface area contributed by atoms with Gasteiger partial charge in [0.05, 0.1) is 19.3 Å². The molecule has 1 heterocycles. The summed E-state index contributed by atoms with van der Waals surface area (Å²) in [5, 5.41) is 11.8. The molecule has 0 aliphatic heterocycles. The Kier molecular flexibility index (Phi) is 7.33. The van der Waals surface area contributed by atoms with E-state index in [0.717, 1.165) is 53.2 Å². The smallest absolute Gasteiger partial charge is 0.191 e. The third kappa shape index (κ3) is 5.14. The number of ether oxygens (including phenoxy) is 1. The van der Waals surface area contributed by atoms with Crippen molar-refractivity contribution in [3.8, 4) is 5.75 Å². The molecular weight excluding hydrogens is 350 g/mol. The number of halogens is 1. The molecule has 0 aliphatic rings. The van der Waals surface area contributed by atoms with Gasteiger partial charge in [0, 0.05) is 36.4 Å². The van der Waals surface area contributed by atoms with E-state index in [1.54, 1.807) is 7.11 Å². The molecule has 2 rings (SSSR count). The van der Waals surface area contributed by atoms with Crippen molar-refractivity contribution >= 4 is 17.6 Å². The highest BCUT2D eigenvalue weighted by molar-refractivity contribution is 6.31. The molecule has 0 saturated carbocycles. The van der Waals surface area contributed by atoms with E-state index in [-0.39, 0.29) is 0 Å². The standard InChI is InChI=1S/C19H28ClN5O/c1-6-21-19(23-12-17-13(2)24-25(4)14(17)3)22-10-9-15-7-8-16(26-5)11-18(15)20/h7-8,11H,6,9-10,12H2,1-5H3,(H2,21,22,23). The van der Waals surface area contributed by atoms with Crippen LogP contribution in [0.3, 0.4) is 0 Å². The van der Waals surface area contributed by atoms with Gasteiger partial charge < -0.3 is 15.4 Å². The molecule has 0 saturated heterocycles. The molecule has 2 aromatic rings. The zero-order valence-corrected chi connectivity index (χ0v) is 16.9. The number of benzene rings is 1. The molecule has 0 unspecified atom stereocenters. The van der Waals surface area contributed by atoms with Crippen LogP contribution >= 0.6 is 11.6 Å². The predicted molar refractivity (Wildman–Crippen MR) is 107 cm³/mol. The summed E-state index contributed by atoms with van der Waals surface area (Å²) in [5.41, 5.74) is 4.42.